The van der Waals surface area contributed by atoms with Gasteiger partial charge in [-0.1, -0.05) is 212 Å². The van der Waals surface area contributed by atoms with Gasteiger partial charge in [0.25, 0.3) is 0 Å². The third kappa shape index (κ3) is 4.91. The molecule has 0 N–H and O–H groups in total. The molecule has 4 aliphatic rings. The Hall–Kier alpha value is -8.14. The maximum absolute atomic E-state index is 2.74. The summed E-state index contributed by atoms with van der Waals surface area (Å²) in [6.45, 7) is 4.40. The molecule has 3 heteroatoms. The Morgan fingerprint density at radius 3 is 1.37 bits per heavy atom. The zero-order chi connectivity index (χ0) is 44.4. The number of fused-ring (bicyclic) bond motifs is 8. The molecule has 0 unspecified atom stereocenters. The molecule has 67 heavy (non-hydrogen) atoms. The standard InChI is InChI=1S/C64H45BN2/c1-42-22-19-23-43(2)59(42)44-40-50-49-32-20-35-53-61(49)67(57-39-18-16-34-52(57)64(53,47-28-11-5-12-29-47)48-30-13-6-14-31-48)65-55-37-21-36-54-62(55)66(58(41-44)60(50)65)56-38-17-15-33-51(56)63(54,45-24-7-3-8-25-45)46-26-9-4-10-27-46/h3-41H,1-2H3. The van der Waals surface area contributed by atoms with Crippen LogP contribution in [0.2, 0.25) is 0 Å². The van der Waals surface area contributed by atoms with Crippen LogP contribution in [0.3, 0.4) is 0 Å². The molecule has 0 atom stereocenters. The van der Waals surface area contributed by atoms with Crippen LogP contribution in [0.4, 0.5) is 28.4 Å². The van der Waals surface area contributed by atoms with Gasteiger partial charge in [-0.2, -0.15) is 0 Å². The molecule has 10 aromatic rings. The molecule has 0 amide bonds. The van der Waals surface area contributed by atoms with Crippen molar-refractivity contribution in [2.75, 3.05) is 9.71 Å². The lowest BCUT2D eigenvalue weighted by Crippen LogP contribution is -2.64. The first-order valence-corrected chi connectivity index (χ1v) is 23.6. The Balaban J connectivity index is 1.17. The Kier molecular flexibility index (Phi) is 8.08. The number of anilines is 5. The van der Waals surface area contributed by atoms with Gasteiger partial charge in [0.05, 0.1) is 16.5 Å². The highest BCUT2D eigenvalue weighted by atomic mass is 15.2. The number of para-hydroxylation sites is 4. The fourth-order valence-corrected chi connectivity index (χ4v) is 13.2. The summed E-state index contributed by atoms with van der Waals surface area (Å²) in [7, 11) is 0. The minimum Gasteiger partial charge on any atom is -0.376 e. The number of aryl methyl sites for hydroxylation is 2. The molecule has 0 fully saturated rings. The lowest BCUT2D eigenvalue weighted by atomic mass is 9.41. The largest absolute Gasteiger partial charge is 0.376 e. The fraction of sp³-hybridized carbons (Fsp3) is 0.0625. The predicted octanol–water partition coefficient (Wildman–Crippen LogP) is 14.1. The van der Waals surface area contributed by atoms with Gasteiger partial charge in [-0.25, -0.2) is 0 Å². The van der Waals surface area contributed by atoms with Gasteiger partial charge in [0.15, 0.2) is 0 Å². The third-order valence-corrected chi connectivity index (χ3v) is 15.6. The smallest absolute Gasteiger partial charge is 0.333 e. The molecule has 10 aromatic carbocycles. The van der Waals surface area contributed by atoms with Crippen molar-refractivity contribution in [2.24, 2.45) is 0 Å². The molecule has 0 saturated heterocycles. The number of benzene rings is 10. The van der Waals surface area contributed by atoms with Gasteiger partial charge in [0.2, 0.25) is 0 Å². The van der Waals surface area contributed by atoms with Crippen molar-refractivity contribution in [1.82, 2.24) is 0 Å². The molecule has 2 nitrogen and oxygen atoms in total. The zero-order valence-corrected chi connectivity index (χ0v) is 37.5. The summed E-state index contributed by atoms with van der Waals surface area (Å²) in [5.74, 6) is 0. The average Bonchev–Trinajstić information content (AvgIpc) is 3.39. The van der Waals surface area contributed by atoms with Crippen LogP contribution in [-0.4, -0.2) is 6.85 Å². The molecule has 0 aromatic heterocycles. The first-order chi connectivity index (χ1) is 33.1. The van der Waals surface area contributed by atoms with Crippen molar-refractivity contribution in [1.29, 1.82) is 0 Å². The second kappa shape index (κ2) is 14.2. The monoisotopic (exact) mass is 852 g/mol. The summed E-state index contributed by atoms with van der Waals surface area (Å²) in [6, 6.07) is 89.5. The molecular weight excluding hydrogens is 808 g/mol. The van der Waals surface area contributed by atoms with Gasteiger partial charge >= 0.3 is 6.85 Å². The van der Waals surface area contributed by atoms with Crippen molar-refractivity contribution >= 4 is 46.2 Å². The van der Waals surface area contributed by atoms with Crippen molar-refractivity contribution in [2.45, 2.75) is 24.7 Å². The maximum Gasteiger partial charge on any atom is 0.333 e. The Bertz CT molecular complexity index is 3520. The Labute approximate surface area is 393 Å². The first-order valence-electron chi connectivity index (χ1n) is 23.6. The molecule has 0 bridgehead atoms. The second-order valence-electron chi connectivity index (χ2n) is 18.8. The van der Waals surface area contributed by atoms with E-state index in [-0.39, 0.29) is 6.85 Å². The maximum atomic E-state index is 2.74. The second-order valence-corrected chi connectivity index (χ2v) is 18.8. The highest BCUT2D eigenvalue weighted by Gasteiger charge is 2.56. The SMILES string of the molecule is Cc1cccc(C)c1-c1cc2c3c(c1)N1c4ccccc4C(c4ccccc4)(c4ccccc4)c4cccc(c41)B3N1c3ccccc3C(c3ccccc3)(c3ccccc3)c3cccc-2c31. The highest BCUT2D eigenvalue weighted by molar-refractivity contribution is 6.94. The Morgan fingerprint density at radius 1 is 0.358 bits per heavy atom. The topological polar surface area (TPSA) is 6.48 Å². The summed E-state index contributed by atoms with van der Waals surface area (Å²) in [5, 5.41) is 0. The average molecular weight is 853 g/mol. The minimum absolute atomic E-state index is 0.142. The van der Waals surface area contributed by atoms with Crippen molar-refractivity contribution in [3.63, 3.8) is 0 Å². The first kappa shape index (κ1) is 38.2. The quantitative estimate of drug-likeness (QED) is 0.159. The van der Waals surface area contributed by atoms with Crippen LogP contribution in [0.1, 0.15) is 55.6 Å². The van der Waals surface area contributed by atoms with Crippen molar-refractivity contribution in [3.8, 4) is 22.3 Å². The van der Waals surface area contributed by atoms with E-state index in [0.717, 1.165) is 0 Å². The van der Waals surface area contributed by atoms with E-state index in [4.69, 9.17) is 0 Å². The van der Waals surface area contributed by atoms with Gasteiger partial charge in [0.1, 0.15) is 0 Å². The number of hydrogen-bond donors (Lipinski definition) is 0. The summed E-state index contributed by atoms with van der Waals surface area (Å²) >= 11 is 0. The van der Waals surface area contributed by atoms with E-state index in [1.807, 2.05) is 0 Å². The van der Waals surface area contributed by atoms with Gasteiger partial charge < -0.3 is 9.71 Å². The van der Waals surface area contributed by atoms with Crippen molar-refractivity contribution in [3.05, 3.63) is 292 Å². The van der Waals surface area contributed by atoms with Gasteiger partial charge in [-0.15, -0.1) is 0 Å². The lowest BCUT2D eigenvalue weighted by molar-refractivity contribution is 0.731. The molecule has 4 heterocycles. The third-order valence-electron chi connectivity index (χ3n) is 15.6. The molecule has 0 saturated carbocycles. The van der Waals surface area contributed by atoms with E-state index in [0.29, 0.717) is 0 Å². The zero-order valence-electron chi connectivity index (χ0n) is 37.5. The van der Waals surface area contributed by atoms with Gasteiger partial charge in [-0.05, 0) is 121 Å². The van der Waals surface area contributed by atoms with Gasteiger partial charge in [-0.3, -0.25) is 0 Å². The molecular formula is C64H45BN2. The van der Waals surface area contributed by atoms with Crippen LogP contribution >= 0.6 is 0 Å². The molecule has 0 spiro atoms. The number of rotatable bonds is 5. The van der Waals surface area contributed by atoms with Crippen molar-refractivity contribution < 1.29 is 0 Å². The van der Waals surface area contributed by atoms with Crippen LogP contribution in [0.15, 0.2) is 237 Å². The molecule has 4 aliphatic heterocycles. The van der Waals surface area contributed by atoms with Gasteiger partial charge in [0, 0.05) is 28.3 Å². The highest BCUT2D eigenvalue weighted by Crippen LogP contribution is 2.63. The summed E-state index contributed by atoms with van der Waals surface area (Å²) in [5.41, 5.74) is 25.5. The molecule has 0 radical (unpaired) electrons. The van der Waals surface area contributed by atoms with Crippen LogP contribution < -0.4 is 20.6 Å². The van der Waals surface area contributed by atoms with Crippen LogP contribution in [0.5, 0.6) is 0 Å². The Morgan fingerprint density at radius 2 is 0.806 bits per heavy atom. The fourth-order valence-electron chi connectivity index (χ4n) is 13.2. The van der Waals surface area contributed by atoms with Crippen LogP contribution in [0, 0.1) is 13.8 Å². The van der Waals surface area contributed by atoms with Crippen LogP contribution in [0.25, 0.3) is 22.3 Å². The summed E-state index contributed by atoms with van der Waals surface area (Å²) < 4.78 is 0. The van der Waals surface area contributed by atoms with E-state index >= 15 is 0 Å². The predicted molar refractivity (Wildman–Crippen MR) is 279 cm³/mol. The van der Waals surface area contributed by atoms with E-state index in [2.05, 4.69) is 260 Å². The van der Waals surface area contributed by atoms with E-state index in [1.54, 1.807) is 0 Å². The molecule has 14 rings (SSSR count). The molecule has 0 aliphatic carbocycles. The normalized spacial score (nSPS) is 14.9. The minimum atomic E-state index is -0.598. The lowest BCUT2D eigenvalue weighted by Gasteiger charge is -2.55. The van der Waals surface area contributed by atoms with E-state index in [9.17, 15) is 0 Å². The number of nitrogens with zero attached hydrogens (tertiary/aromatic N) is 2. The molecule has 314 valence electrons. The summed E-state index contributed by atoms with van der Waals surface area (Å²) in [4.78, 5) is 5.40. The van der Waals surface area contributed by atoms with E-state index < -0.39 is 10.8 Å². The number of hydrogen-bond acceptors (Lipinski definition) is 2. The van der Waals surface area contributed by atoms with Crippen LogP contribution in [-0.2, 0) is 10.8 Å². The summed E-state index contributed by atoms with van der Waals surface area (Å²) in [6.07, 6.45) is 0. The van der Waals surface area contributed by atoms with E-state index in [1.165, 1.54) is 117 Å².